The van der Waals surface area contributed by atoms with Crippen LogP contribution in [0.25, 0.3) is 0 Å². The molecule has 1 aliphatic heterocycles. The van der Waals surface area contributed by atoms with Crippen molar-refractivity contribution >= 4 is 0 Å². The van der Waals surface area contributed by atoms with Crippen molar-refractivity contribution in [3.63, 3.8) is 0 Å². The van der Waals surface area contributed by atoms with Crippen LogP contribution in [0, 0.1) is 13.8 Å². The molecule has 1 aliphatic rings. The molecule has 124 valence electrons. The highest BCUT2D eigenvalue weighted by atomic mass is 19.3. The molecule has 1 N–H and O–H groups in total. The number of β-amino-alcohol motifs (C(OH)–C–C–N with tert-alkyl or cyclic N) is 1. The highest BCUT2D eigenvalue weighted by molar-refractivity contribution is 5.32. The number of halogens is 2. The van der Waals surface area contributed by atoms with Crippen molar-refractivity contribution in [3.8, 4) is 0 Å². The molecule has 1 atom stereocenters. The van der Waals surface area contributed by atoms with Crippen molar-refractivity contribution in [2.45, 2.75) is 39.5 Å². The lowest BCUT2D eigenvalue weighted by molar-refractivity contribution is 0.0907. The van der Waals surface area contributed by atoms with E-state index in [2.05, 4.69) is 10.2 Å². The first-order valence-corrected chi connectivity index (χ1v) is 7.63. The van der Waals surface area contributed by atoms with Crippen LogP contribution in [0.4, 0.5) is 8.78 Å². The summed E-state index contributed by atoms with van der Waals surface area (Å²) in [5.74, 6) is 0.258. The van der Waals surface area contributed by atoms with Crippen molar-refractivity contribution in [2.24, 2.45) is 0 Å². The van der Waals surface area contributed by atoms with Crippen molar-refractivity contribution in [3.05, 3.63) is 46.5 Å². The first-order chi connectivity index (χ1) is 11.0. The predicted molar refractivity (Wildman–Crippen MR) is 81.1 cm³/mol. The van der Waals surface area contributed by atoms with E-state index in [0.717, 1.165) is 16.7 Å². The van der Waals surface area contributed by atoms with Gasteiger partial charge in [-0.15, -0.1) is 10.2 Å². The van der Waals surface area contributed by atoms with Gasteiger partial charge in [0.25, 0.3) is 6.43 Å². The fraction of sp³-hybridized carbons (Fsp3) is 0.500. The molecule has 1 aromatic heterocycles. The number of alkyl halides is 2. The molecular weight excluding hydrogens is 302 g/mol. The van der Waals surface area contributed by atoms with Crippen LogP contribution in [0.3, 0.4) is 0 Å². The first kappa shape index (κ1) is 16.0. The molecule has 2 heterocycles. The van der Waals surface area contributed by atoms with Crippen LogP contribution in [0.1, 0.15) is 40.9 Å². The Bertz CT molecular complexity index is 701. The topological polar surface area (TPSA) is 54.2 Å². The molecule has 2 aromatic rings. The summed E-state index contributed by atoms with van der Waals surface area (Å²) in [6.07, 6.45) is -3.22. The third-order valence-electron chi connectivity index (χ3n) is 4.27. The Morgan fingerprint density at radius 2 is 2.00 bits per heavy atom. The van der Waals surface area contributed by atoms with Crippen LogP contribution in [-0.2, 0) is 13.1 Å². The van der Waals surface area contributed by atoms with E-state index in [0.29, 0.717) is 32.0 Å². The number of aromatic nitrogens is 3. The molecule has 1 aromatic carbocycles. The highest BCUT2D eigenvalue weighted by Crippen LogP contribution is 2.24. The number of hydrogen-bond acceptors (Lipinski definition) is 4. The number of fused-ring (bicyclic) bond motifs is 1. The van der Waals surface area contributed by atoms with E-state index in [1.54, 1.807) is 0 Å². The second kappa shape index (κ2) is 6.33. The zero-order valence-electron chi connectivity index (χ0n) is 13.2. The number of hydrogen-bond donors (Lipinski definition) is 1. The van der Waals surface area contributed by atoms with Gasteiger partial charge in [0.15, 0.2) is 5.82 Å². The van der Waals surface area contributed by atoms with Crippen LogP contribution >= 0.6 is 0 Å². The van der Waals surface area contributed by atoms with Crippen LogP contribution in [-0.4, -0.2) is 37.9 Å². The number of aliphatic hydroxyl groups excluding tert-OH is 1. The minimum atomic E-state index is -2.61. The van der Waals surface area contributed by atoms with Gasteiger partial charge in [-0.05, 0) is 25.0 Å². The van der Waals surface area contributed by atoms with E-state index >= 15 is 0 Å². The van der Waals surface area contributed by atoms with Crippen LogP contribution < -0.4 is 0 Å². The molecule has 0 aliphatic carbocycles. The summed E-state index contributed by atoms with van der Waals surface area (Å²) < 4.78 is 27.1. The molecule has 5 nitrogen and oxygen atoms in total. The normalized spacial score (nSPS) is 16.6. The number of aliphatic hydroxyl groups is 1. The summed E-state index contributed by atoms with van der Waals surface area (Å²) in [6.45, 7) is 5.87. The molecular formula is C16H20F2N4O. The van der Waals surface area contributed by atoms with E-state index < -0.39 is 12.5 Å². The van der Waals surface area contributed by atoms with Gasteiger partial charge in [0.2, 0.25) is 0 Å². The van der Waals surface area contributed by atoms with Gasteiger partial charge < -0.3 is 9.67 Å². The minimum absolute atomic E-state index is 0.269. The number of nitrogens with zero attached hydrogens (tertiary/aromatic N) is 4. The maximum Gasteiger partial charge on any atom is 0.297 e. The van der Waals surface area contributed by atoms with Crippen molar-refractivity contribution in [1.29, 1.82) is 0 Å². The molecule has 0 amide bonds. The zero-order chi connectivity index (χ0) is 16.6. The Labute approximate surface area is 133 Å². The van der Waals surface area contributed by atoms with Crippen molar-refractivity contribution in [1.82, 2.24) is 19.7 Å². The number of benzene rings is 1. The van der Waals surface area contributed by atoms with Crippen LogP contribution in [0.15, 0.2) is 18.2 Å². The van der Waals surface area contributed by atoms with E-state index in [1.807, 2.05) is 36.9 Å². The minimum Gasteiger partial charge on any atom is -0.387 e. The smallest absolute Gasteiger partial charge is 0.297 e. The summed E-state index contributed by atoms with van der Waals surface area (Å²) in [7, 11) is 0. The average Bonchev–Trinajstić information content (AvgIpc) is 2.90. The van der Waals surface area contributed by atoms with E-state index in [4.69, 9.17) is 0 Å². The molecule has 0 fully saturated rings. The van der Waals surface area contributed by atoms with Gasteiger partial charge in [0.05, 0.1) is 12.6 Å². The fourth-order valence-electron chi connectivity index (χ4n) is 3.09. The molecule has 0 saturated carbocycles. The van der Waals surface area contributed by atoms with Gasteiger partial charge in [-0.25, -0.2) is 8.78 Å². The van der Waals surface area contributed by atoms with Crippen LogP contribution in [0.2, 0.25) is 0 Å². The average molecular weight is 322 g/mol. The third-order valence-corrected chi connectivity index (χ3v) is 4.27. The Hall–Kier alpha value is -1.86. The van der Waals surface area contributed by atoms with Gasteiger partial charge >= 0.3 is 0 Å². The maximum absolute atomic E-state index is 12.8. The van der Waals surface area contributed by atoms with Crippen molar-refractivity contribution in [2.75, 3.05) is 13.1 Å². The van der Waals surface area contributed by atoms with Crippen LogP contribution in [0.5, 0.6) is 0 Å². The van der Waals surface area contributed by atoms with E-state index in [1.165, 1.54) is 4.57 Å². The van der Waals surface area contributed by atoms with Gasteiger partial charge in [0.1, 0.15) is 5.82 Å². The molecule has 23 heavy (non-hydrogen) atoms. The Balaban J connectivity index is 1.69. The summed E-state index contributed by atoms with van der Waals surface area (Å²) >= 11 is 0. The van der Waals surface area contributed by atoms with Gasteiger partial charge in [-0.1, -0.05) is 23.8 Å². The Morgan fingerprint density at radius 1 is 1.22 bits per heavy atom. The monoisotopic (exact) mass is 322 g/mol. The molecule has 0 saturated heterocycles. The summed E-state index contributed by atoms with van der Waals surface area (Å²) in [5, 5.41) is 17.9. The molecule has 0 spiro atoms. The molecule has 3 rings (SSSR count). The molecule has 7 heteroatoms. The lowest BCUT2D eigenvalue weighted by Gasteiger charge is -2.29. The third kappa shape index (κ3) is 3.25. The summed E-state index contributed by atoms with van der Waals surface area (Å²) in [6, 6.07) is 5.96. The number of aryl methyl sites for hydroxylation is 2. The lowest BCUT2D eigenvalue weighted by atomic mass is 10.0. The summed E-state index contributed by atoms with van der Waals surface area (Å²) in [4.78, 5) is 2.02. The lowest BCUT2D eigenvalue weighted by Crippen LogP contribution is -2.37. The summed E-state index contributed by atoms with van der Waals surface area (Å²) in [5.41, 5.74) is 3.11. The maximum atomic E-state index is 12.8. The quantitative estimate of drug-likeness (QED) is 0.939. The van der Waals surface area contributed by atoms with Crippen molar-refractivity contribution < 1.29 is 13.9 Å². The zero-order valence-corrected chi connectivity index (χ0v) is 13.2. The van der Waals surface area contributed by atoms with Gasteiger partial charge in [-0.2, -0.15) is 0 Å². The van der Waals surface area contributed by atoms with E-state index in [-0.39, 0.29) is 5.82 Å². The Morgan fingerprint density at radius 3 is 2.70 bits per heavy atom. The second-order valence-electron chi connectivity index (χ2n) is 6.04. The predicted octanol–water partition coefficient (Wildman–Crippen LogP) is 2.38. The molecule has 0 radical (unpaired) electrons. The fourth-order valence-corrected chi connectivity index (χ4v) is 3.09. The first-order valence-electron chi connectivity index (χ1n) is 7.63. The highest BCUT2D eigenvalue weighted by Gasteiger charge is 2.26. The molecule has 1 unspecified atom stereocenters. The Kier molecular flexibility index (Phi) is 4.41. The number of rotatable bonds is 4. The largest absolute Gasteiger partial charge is 0.387 e. The second-order valence-corrected chi connectivity index (χ2v) is 6.04. The van der Waals surface area contributed by atoms with Gasteiger partial charge in [0, 0.05) is 19.6 Å². The standard InChI is InChI=1S/C16H20F2N4O/c1-10-3-4-12(11(2)7-10)13(23)8-21-5-6-22-14(9-21)19-20-16(22)15(17)18/h3-4,7,13,15,23H,5-6,8-9H2,1-2H3. The van der Waals surface area contributed by atoms with Gasteiger partial charge in [-0.3, -0.25) is 4.90 Å². The SMILES string of the molecule is Cc1ccc(C(O)CN2CCn3c(nnc3C(F)F)C2)c(C)c1. The molecule has 0 bridgehead atoms. The van der Waals surface area contributed by atoms with E-state index in [9.17, 15) is 13.9 Å².